The molecule has 0 atom stereocenters. The number of amidine groups is 1. The van der Waals surface area contributed by atoms with Gasteiger partial charge in [-0.3, -0.25) is 4.79 Å². The van der Waals surface area contributed by atoms with Gasteiger partial charge in [-0.25, -0.2) is 4.99 Å². The third-order valence-corrected chi connectivity index (χ3v) is 6.04. The van der Waals surface area contributed by atoms with E-state index in [9.17, 15) is 4.79 Å². The second-order valence-corrected chi connectivity index (χ2v) is 8.65. The van der Waals surface area contributed by atoms with Gasteiger partial charge in [-0.05, 0) is 71.9 Å². The highest BCUT2D eigenvalue weighted by molar-refractivity contribution is 8.18. The number of benzene rings is 3. The Balaban J connectivity index is 1.40. The zero-order valence-corrected chi connectivity index (χ0v) is 19.3. The molecule has 0 radical (unpaired) electrons. The first-order valence-corrected chi connectivity index (χ1v) is 11.2. The Hall–Kier alpha value is -2.93. The van der Waals surface area contributed by atoms with Crippen LogP contribution in [-0.4, -0.2) is 18.2 Å². The van der Waals surface area contributed by atoms with Crippen LogP contribution in [0.5, 0.6) is 11.5 Å². The summed E-state index contributed by atoms with van der Waals surface area (Å²) in [5.74, 6) is 1.27. The molecule has 1 amide bonds. The van der Waals surface area contributed by atoms with E-state index in [4.69, 9.17) is 32.7 Å². The molecular weight excluding hydrogens is 467 g/mol. The van der Waals surface area contributed by atoms with Crippen LogP contribution in [0.1, 0.15) is 11.1 Å². The number of halogens is 2. The summed E-state index contributed by atoms with van der Waals surface area (Å²) >= 11 is 13.4. The molecular formula is C24H18Cl2N2O3S. The fourth-order valence-electron chi connectivity index (χ4n) is 2.87. The Bertz CT molecular complexity index is 1190. The number of carbonyl (C=O) groups is 1. The summed E-state index contributed by atoms with van der Waals surface area (Å²) in [6.07, 6.45) is 1.82. The molecule has 0 aliphatic carbocycles. The Morgan fingerprint density at radius 1 is 1.00 bits per heavy atom. The summed E-state index contributed by atoms with van der Waals surface area (Å²) in [5, 5.41) is 4.47. The van der Waals surface area contributed by atoms with Crippen molar-refractivity contribution in [3.05, 3.63) is 92.8 Å². The highest BCUT2D eigenvalue weighted by Crippen LogP contribution is 2.29. The van der Waals surface area contributed by atoms with Crippen molar-refractivity contribution in [1.29, 1.82) is 0 Å². The molecule has 1 aliphatic heterocycles. The largest absolute Gasteiger partial charge is 0.497 e. The molecule has 1 fully saturated rings. The predicted molar refractivity (Wildman–Crippen MR) is 131 cm³/mol. The fraction of sp³-hybridized carbons (Fsp3) is 0.0833. The summed E-state index contributed by atoms with van der Waals surface area (Å²) in [6, 6.07) is 20.1. The number of nitrogens with zero attached hydrogens (tertiary/aromatic N) is 1. The molecule has 4 rings (SSSR count). The first-order valence-electron chi connectivity index (χ1n) is 9.60. The number of carbonyl (C=O) groups excluding carboxylic acids is 1. The van der Waals surface area contributed by atoms with Crippen LogP contribution in [0.25, 0.3) is 6.08 Å². The van der Waals surface area contributed by atoms with Gasteiger partial charge in [0.25, 0.3) is 5.91 Å². The second kappa shape index (κ2) is 10.1. The fourth-order valence-corrected chi connectivity index (χ4v) is 4.17. The maximum Gasteiger partial charge on any atom is 0.264 e. The Labute approximate surface area is 200 Å². The van der Waals surface area contributed by atoms with E-state index in [1.165, 1.54) is 11.8 Å². The van der Waals surface area contributed by atoms with Gasteiger partial charge < -0.3 is 14.8 Å². The van der Waals surface area contributed by atoms with Gasteiger partial charge >= 0.3 is 0 Å². The average molecular weight is 485 g/mol. The number of nitrogens with one attached hydrogen (secondary N) is 1. The van der Waals surface area contributed by atoms with Crippen LogP contribution in [-0.2, 0) is 11.4 Å². The van der Waals surface area contributed by atoms with Crippen LogP contribution in [0.2, 0.25) is 10.0 Å². The monoisotopic (exact) mass is 484 g/mol. The van der Waals surface area contributed by atoms with E-state index >= 15 is 0 Å². The van der Waals surface area contributed by atoms with Gasteiger partial charge in [0.15, 0.2) is 5.17 Å². The van der Waals surface area contributed by atoms with Crippen LogP contribution in [0.15, 0.2) is 76.6 Å². The van der Waals surface area contributed by atoms with Gasteiger partial charge in [0.1, 0.15) is 18.1 Å². The molecule has 1 aliphatic rings. The van der Waals surface area contributed by atoms with Crippen LogP contribution < -0.4 is 14.8 Å². The number of ether oxygens (including phenoxy) is 2. The average Bonchev–Trinajstić information content (AvgIpc) is 3.13. The highest BCUT2D eigenvalue weighted by Gasteiger charge is 2.23. The second-order valence-electron chi connectivity index (χ2n) is 6.77. The highest BCUT2D eigenvalue weighted by atomic mass is 35.5. The predicted octanol–water partition coefficient (Wildman–Crippen LogP) is 6.47. The lowest BCUT2D eigenvalue weighted by molar-refractivity contribution is -0.115. The number of methoxy groups -OCH3 is 1. The van der Waals surface area contributed by atoms with E-state index in [0.29, 0.717) is 32.5 Å². The number of hydrogen-bond donors (Lipinski definition) is 1. The lowest BCUT2D eigenvalue weighted by atomic mass is 10.2. The minimum Gasteiger partial charge on any atom is -0.497 e. The molecule has 32 heavy (non-hydrogen) atoms. The number of thioether (sulfide) groups is 1. The van der Waals surface area contributed by atoms with Crippen molar-refractivity contribution in [3.63, 3.8) is 0 Å². The van der Waals surface area contributed by atoms with E-state index in [0.717, 1.165) is 22.6 Å². The molecule has 162 valence electrons. The van der Waals surface area contributed by atoms with Crippen molar-refractivity contribution in [1.82, 2.24) is 5.32 Å². The van der Waals surface area contributed by atoms with Crippen molar-refractivity contribution in [2.75, 3.05) is 7.11 Å². The van der Waals surface area contributed by atoms with Crippen molar-refractivity contribution >= 4 is 57.8 Å². The first kappa shape index (κ1) is 22.3. The molecule has 0 spiro atoms. The van der Waals surface area contributed by atoms with Crippen LogP contribution in [0.3, 0.4) is 0 Å². The van der Waals surface area contributed by atoms with Crippen LogP contribution >= 0.6 is 35.0 Å². The third kappa shape index (κ3) is 5.65. The minimum atomic E-state index is -0.181. The quantitative estimate of drug-likeness (QED) is 0.407. The van der Waals surface area contributed by atoms with Crippen molar-refractivity contribution < 1.29 is 14.3 Å². The maximum atomic E-state index is 12.3. The van der Waals surface area contributed by atoms with E-state index in [2.05, 4.69) is 10.3 Å². The topological polar surface area (TPSA) is 59.9 Å². The lowest BCUT2D eigenvalue weighted by Crippen LogP contribution is -2.19. The zero-order chi connectivity index (χ0) is 22.5. The summed E-state index contributed by atoms with van der Waals surface area (Å²) in [6.45, 7) is 0.333. The van der Waals surface area contributed by atoms with Crippen molar-refractivity contribution in [2.24, 2.45) is 4.99 Å². The van der Waals surface area contributed by atoms with Gasteiger partial charge in [0.2, 0.25) is 0 Å². The minimum absolute atomic E-state index is 0.181. The van der Waals surface area contributed by atoms with Crippen molar-refractivity contribution in [3.8, 4) is 11.5 Å². The molecule has 5 nitrogen and oxygen atoms in total. The standard InChI is InChI=1S/C24H18Cl2N2O3S/c1-30-19-10-6-18(7-11-19)27-24-28-23(29)22(32-24)12-15-2-8-20(9-3-15)31-14-16-4-5-17(25)13-21(16)26/h2-13H,14H2,1H3,(H,27,28,29)/b22-12-. The Kier molecular flexibility index (Phi) is 7.05. The summed E-state index contributed by atoms with van der Waals surface area (Å²) in [7, 11) is 1.61. The van der Waals surface area contributed by atoms with Crippen LogP contribution in [0.4, 0.5) is 5.69 Å². The van der Waals surface area contributed by atoms with E-state index in [1.807, 2.05) is 60.7 Å². The van der Waals surface area contributed by atoms with Gasteiger partial charge in [0, 0.05) is 15.6 Å². The molecule has 0 unspecified atom stereocenters. The van der Waals surface area contributed by atoms with Gasteiger partial charge in [-0.15, -0.1) is 0 Å². The van der Waals surface area contributed by atoms with E-state index < -0.39 is 0 Å². The van der Waals surface area contributed by atoms with Crippen LogP contribution in [0, 0.1) is 0 Å². The van der Waals surface area contributed by atoms with Crippen molar-refractivity contribution in [2.45, 2.75) is 6.61 Å². The zero-order valence-electron chi connectivity index (χ0n) is 17.0. The summed E-state index contributed by atoms with van der Waals surface area (Å²) < 4.78 is 10.9. The Morgan fingerprint density at radius 3 is 2.41 bits per heavy atom. The number of aliphatic imine (C=N–C) groups is 1. The smallest absolute Gasteiger partial charge is 0.264 e. The maximum absolute atomic E-state index is 12.3. The molecule has 0 saturated carbocycles. The molecule has 1 saturated heterocycles. The number of hydrogen-bond acceptors (Lipinski definition) is 5. The molecule has 8 heteroatoms. The van der Waals surface area contributed by atoms with E-state index in [-0.39, 0.29) is 5.91 Å². The lowest BCUT2D eigenvalue weighted by Gasteiger charge is -2.08. The molecule has 0 aromatic heterocycles. The first-order chi connectivity index (χ1) is 15.5. The number of amides is 1. The number of rotatable bonds is 6. The molecule has 1 heterocycles. The summed E-state index contributed by atoms with van der Waals surface area (Å²) in [5.41, 5.74) is 2.47. The Morgan fingerprint density at radius 2 is 1.72 bits per heavy atom. The third-order valence-electron chi connectivity index (χ3n) is 4.54. The molecule has 3 aromatic carbocycles. The SMILES string of the molecule is COc1ccc(N=C2NC(=O)/C(=C/c3ccc(OCc4ccc(Cl)cc4Cl)cc3)S2)cc1. The molecule has 3 aromatic rings. The normalized spacial score (nSPS) is 15.8. The van der Waals surface area contributed by atoms with Gasteiger partial charge in [-0.1, -0.05) is 41.4 Å². The summed E-state index contributed by atoms with van der Waals surface area (Å²) in [4.78, 5) is 17.4. The molecule has 1 N–H and O–H groups in total. The van der Waals surface area contributed by atoms with Gasteiger partial charge in [0.05, 0.1) is 17.7 Å². The van der Waals surface area contributed by atoms with Gasteiger partial charge in [-0.2, -0.15) is 0 Å². The van der Waals surface area contributed by atoms with E-state index in [1.54, 1.807) is 19.2 Å². The molecule has 0 bridgehead atoms.